The Kier molecular flexibility index (Phi) is 4.66. The number of hydrogen-bond donors (Lipinski definition) is 2. The molecule has 104 valence electrons. The van der Waals surface area contributed by atoms with Gasteiger partial charge in [-0.05, 0) is 37.5 Å². The van der Waals surface area contributed by atoms with Gasteiger partial charge in [-0.2, -0.15) is 0 Å². The molecule has 4 N–H and O–H groups in total. The van der Waals surface area contributed by atoms with Crippen LogP contribution in [0, 0.1) is 0 Å². The lowest BCUT2D eigenvalue weighted by Crippen LogP contribution is -2.38. The minimum atomic E-state index is -0.520. The van der Waals surface area contributed by atoms with E-state index >= 15 is 0 Å². The summed E-state index contributed by atoms with van der Waals surface area (Å²) in [5, 5.41) is 0.516. The molecule has 1 aliphatic rings. The normalized spacial score (nSPS) is 23.7. The standard InChI is InChI=1S/C14H19ClN2O2/c15-9-6-7-10(14(17)18)13(8-9)19-12-5-3-1-2-4-11(12)16/h6-8,11-12H,1-5,16H2,(H2,17,18). The van der Waals surface area contributed by atoms with Crippen molar-refractivity contribution in [3.63, 3.8) is 0 Å². The molecule has 0 radical (unpaired) electrons. The summed E-state index contributed by atoms with van der Waals surface area (Å²) in [5.74, 6) is -0.0868. The third-order valence-corrected chi connectivity index (χ3v) is 3.73. The second kappa shape index (κ2) is 6.26. The van der Waals surface area contributed by atoms with Crippen LogP contribution < -0.4 is 16.2 Å². The summed E-state index contributed by atoms with van der Waals surface area (Å²) in [6, 6.07) is 4.82. The first-order chi connectivity index (χ1) is 9.08. The lowest BCUT2D eigenvalue weighted by atomic mass is 10.1. The van der Waals surface area contributed by atoms with Crippen molar-refractivity contribution in [2.24, 2.45) is 11.5 Å². The molecule has 1 aromatic rings. The summed E-state index contributed by atoms with van der Waals surface area (Å²) >= 11 is 5.94. The molecule has 19 heavy (non-hydrogen) atoms. The number of primary amides is 1. The van der Waals surface area contributed by atoms with E-state index in [0.29, 0.717) is 16.3 Å². The predicted molar refractivity (Wildman–Crippen MR) is 75.4 cm³/mol. The van der Waals surface area contributed by atoms with Crippen LogP contribution >= 0.6 is 11.6 Å². The number of ether oxygens (including phenoxy) is 1. The van der Waals surface area contributed by atoms with Gasteiger partial charge in [-0.25, -0.2) is 0 Å². The first-order valence-corrected chi connectivity index (χ1v) is 6.97. The highest BCUT2D eigenvalue weighted by atomic mass is 35.5. The van der Waals surface area contributed by atoms with Gasteiger partial charge >= 0.3 is 0 Å². The molecule has 2 unspecified atom stereocenters. The molecule has 4 nitrogen and oxygen atoms in total. The molecule has 2 rings (SSSR count). The Labute approximate surface area is 118 Å². The molecule has 0 bridgehead atoms. The van der Waals surface area contributed by atoms with E-state index in [4.69, 9.17) is 27.8 Å². The van der Waals surface area contributed by atoms with Crippen molar-refractivity contribution in [3.8, 4) is 5.75 Å². The van der Waals surface area contributed by atoms with Crippen LogP contribution in [0.5, 0.6) is 5.75 Å². The van der Waals surface area contributed by atoms with Crippen LogP contribution in [0.2, 0.25) is 5.02 Å². The predicted octanol–water partition coefficient (Wildman–Crippen LogP) is 2.48. The minimum Gasteiger partial charge on any atom is -0.488 e. The maximum atomic E-state index is 11.4. The van der Waals surface area contributed by atoms with Gasteiger partial charge in [-0.15, -0.1) is 0 Å². The van der Waals surface area contributed by atoms with Crippen LogP contribution in [0.25, 0.3) is 0 Å². The third kappa shape index (κ3) is 3.61. The van der Waals surface area contributed by atoms with Crippen LogP contribution in [0.3, 0.4) is 0 Å². The van der Waals surface area contributed by atoms with Crippen molar-refractivity contribution >= 4 is 17.5 Å². The summed E-state index contributed by atoms with van der Waals surface area (Å²) in [4.78, 5) is 11.4. The molecule has 0 heterocycles. The second-order valence-electron chi connectivity index (χ2n) is 4.96. The Morgan fingerprint density at radius 3 is 2.74 bits per heavy atom. The highest BCUT2D eigenvalue weighted by Crippen LogP contribution is 2.27. The van der Waals surface area contributed by atoms with Gasteiger partial charge in [-0.3, -0.25) is 4.79 Å². The van der Waals surface area contributed by atoms with E-state index in [1.54, 1.807) is 18.2 Å². The van der Waals surface area contributed by atoms with Crippen LogP contribution in [0.4, 0.5) is 0 Å². The number of carbonyl (C=O) groups is 1. The summed E-state index contributed by atoms with van der Waals surface area (Å²) < 4.78 is 5.91. The highest BCUT2D eigenvalue weighted by molar-refractivity contribution is 6.30. The number of carbonyl (C=O) groups excluding carboxylic acids is 1. The van der Waals surface area contributed by atoms with Crippen molar-refractivity contribution in [1.29, 1.82) is 0 Å². The Hall–Kier alpha value is -1.26. The molecule has 1 amide bonds. The molecular weight excluding hydrogens is 264 g/mol. The van der Waals surface area contributed by atoms with E-state index in [-0.39, 0.29) is 12.1 Å². The zero-order chi connectivity index (χ0) is 13.8. The van der Waals surface area contributed by atoms with Crippen molar-refractivity contribution in [3.05, 3.63) is 28.8 Å². The van der Waals surface area contributed by atoms with Gasteiger partial charge in [0, 0.05) is 11.1 Å². The monoisotopic (exact) mass is 282 g/mol. The average molecular weight is 283 g/mol. The number of rotatable bonds is 3. The van der Waals surface area contributed by atoms with Gasteiger partial charge in [0.1, 0.15) is 11.9 Å². The fraction of sp³-hybridized carbons (Fsp3) is 0.500. The fourth-order valence-electron chi connectivity index (χ4n) is 2.41. The van der Waals surface area contributed by atoms with Gasteiger partial charge in [0.15, 0.2) is 0 Å². The van der Waals surface area contributed by atoms with Crippen molar-refractivity contribution in [2.45, 2.75) is 44.2 Å². The molecule has 0 spiro atoms. The number of benzene rings is 1. The lowest BCUT2D eigenvalue weighted by Gasteiger charge is -2.24. The molecular formula is C14H19ClN2O2. The Bertz CT molecular complexity index is 465. The fourth-order valence-corrected chi connectivity index (χ4v) is 2.57. The number of nitrogens with two attached hydrogens (primary N) is 2. The van der Waals surface area contributed by atoms with Crippen molar-refractivity contribution in [1.82, 2.24) is 0 Å². The van der Waals surface area contributed by atoms with Crippen molar-refractivity contribution in [2.75, 3.05) is 0 Å². The first-order valence-electron chi connectivity index (χ1n) is 6.59. The summed E-state index contributed by atoms with van der Waals surface area (Å²) in [6.45, 7) is 0. The Balaban J connectivity index is 2.21. The lowest BCUT2D eigenvalue weighted by molar-refractivity contribution is 0.0989. The molecule has 1 saturated carbocycles. The minimum absolute atomic E-state index is 0.0118. The van der Waals surface area contributed by atoms with E-state index in [0.717, 1.165) is 25.7 Å². The maximum absolute atomic E-state index is 11.4. The van der Waals surface area contributed by atoms with Crippen molar-refractivity contribution < 1.29 is 9.53 Å². The Morgan fingerprint density at radius 1 is 1.26 bits per heavy atom. The van der Waals surface area contributed by atoms with Crippen LogP contribution in [0.15, 0.2) is 18.2 Å². The molecule has 0 aliphatic heterocycles. The largest absolute Gasteiger partial charge is 0.488 e. The molecule has 0 saturated heterocycles. The molecule has 1 fully saturated rings. The Morgan fingerprint density at radius 2 is 2.00 bits per heavy atom. The van der Waals surface area contributed by atoms with E-state index in [2.05, 4.69) is 0 Å². The molecule has 1 aliphatic carbocycles. The smallest absolute Gasteiger partial charge is 0.252 e. The second-order valence-corrected chi connectivity index (χ2v) is 5.40. The van der Waals surface area contributed by atoms with E-state index in [9.17, 15) is 4.79 Å². The van der Waals surface area contributed by atoms with Crippen LogP contribution in [0.1, 0.15) is 42.5 Å². The average Bonchev–Trinajstić information content (AvgIpc) is 2.55. The van der Waals surface area contributed by atoms with Gasteiger partial charge < -0.3 is 16.2 Å². The van der Waals surface area contributed by atoms with Gasteiger partial charge in [0.05, 0.1) is 5.56 Å². The summed E-state index contributed by atoms with van der Waals surface area (Å²) in [6.07, 6.45) is 5.14. The van der Waals surface area contributed by atoms with Gasteiger partial charge in [0.2, 0.25) is 0 Å². The quantitative estimate of drug-likeness (QED) is 0.836. The van der Waals surface area contributed by atoms with Gasteiger partial charge in [0.25, 0.3) is 5.91 Å². The van der Waals surface area contributed by atoms with Crippen LogP contribution in [-0.4, -0.2) is 18.1 Å². The van der Waals surface area contributed by atoms with E-state index in [1.807, 2.05) is 0 Å². The zero-order valence-electron chi connectivity index (χ0n) is 10.8. The summed E-state index contributed by atoms with van der Waals surface area (Å²) in [7, 11) is 0. The number of amides is 1. The number of halogens is 1. The van der Waals surface area contributed by atoms with E-state index in [1.165, 1.54) is 6.42 Å². The molecule has 0 aromatic heterocycles. The molecule has 5 heteroatoms. The SMILES string of the molecule is NC(=O)c1ccc(Cl)cc1OC1CCCCCC1N. The highest BCUT2D eigenvalue weighted by Gasteiger charge is 2.23. The third-order valence-electron chi connectivity index (χ3n) is 3.49. The molecule has 1 aromatic carbocycles. The number of hydrogen-bond acceptors (Lipinski definition) is 3. The van der Waals surface area contributed by atoms with Gasteiger partial charge in [-0.1, -0.05) is 24.4 Å². The summed E-state index contributed by atoms with van der Waals surface area (Å²) in [5.41, 5.74) is 11.8. The van der Waals surface area contributed by atoms with E-state index < -0.39 is 5.91 Å². The van der Waals surface area contributed by atoms with Crippen LogP contribution in [-0.2, 0) is 0 Å². The zero-order valence-corrected chi connectivity index (χ0v) is 11.5. The first kappa shape index (κ1) is 14.2. The maximum Gasteiger partial charge on any atom is 0.252 e. The topological polar surface area (TPSA) is 78.3 Å². The molecule has 2 atom stereocenters.